The average Bonchev–Trinajstić information content (AvgIpc) is 2.16. The van der Waals surface area contributed by atoms with Crippen LogP contribution in [0.5, 0.6) is 0 Å². The highest BCUT2D eigenvalue weighted by Crippen LogP contribution is 2.25. The minimum absolute atomic E-state index is 0.547. The van der Waals surface area contributed by atoms with Gasteiger partial charge in [0.2, 0.25) is 0 Å². The molecule has 0 radical (unpaired) electrons. The molecule has 1 aliphatic rings. The predicted octanol–water partition coefficient (Wildman–Crippen LogP) is 1.54. The minimum atomic E-state index is 0.547. The number of aromatic nitrogens is 2. The van der Waals surface area contributed by atoms with Crippen molar-refractivity contribution in [2.24, 2.45) is 11.8 Å². The fourth-order valence-electron chi connectivity index (χ4n) is 2.38. The Hall–Kier alpha value is -1.32. The van der Waals surface area contributed by atoms with Gasteiger partial charge in [0.05, 0.1) is 0 Å². The summed E-state index contributed by atoms with van der Waals surface area (Å²) >= 11 is 0. The third-order valence-corrected chi connectivity index (χ3v) is 2.87. The van der Waals surface area contributed by atoms with Gasteiger partial charge in [0.15, 0.2) is 0 Å². The molecule has 0 spiro atoms. The zero-order chi connectivity index (χ0) is 10.8. The van der Waals surface area contributed by atoms with Crippen LogP contribution in [0, 0.1) is 11.8 Å². The Kier molecular flexibility index (Phi) is 2.75. The third-order valence-electron chi connectivity index (χ3n) is 2.87. The fourth-order valence-corrected chi connectivity index (χ4v) is 2.38. The number of hydrogen-bond acceptors (Lipinski definition) is 4. The van der Waals surface area contributed by atoms with Crippen molar-refractivity contribution in [3.63, 3.8) is 0 Å². The highest BCUT2D eigenvalue weighted by Gasteiger charge is 2.22. The number of nitrogen functional groups attached to an aromatic ring is 1. The molecule has 1 aromatic rings. The van der Waals surface area contributed by atoms with Crippen LogP contribution in [0.4, 0.5) is 11.6 Å². The van der Waals surface area contributed by atoms with E-state index in [1.807, 2.05) is 6.07 Å². The maximum absolute atomic E-state index is 5.66. The van der Waals surface area contributed by atoms with E-state index in [1.165, 1.54) is 12.7 Å². The lowest BCUT2D eigenvalue weighted by Crippen LogP contribution is -2.39. The van der Waals surface area contributed by atoms with Crippen molar-refractivity contribution in [1.29, 1.82) is 0 Å². The summed E-state index contributed by atoms with van der Waals surface area (Å²) in [5.41, 5.74) is 5.66. The van der Waals surface area contributed by atoms with Gasteiger partial charge in [0, 0.05) is 19.2 Å². The molecule has 4 nitrogen and oxygen atoms in total. The number of piperidine rings is 1. The van der Waals surface area contributed by atoms with Gasteiger partial charge in [-0.15, -0.1) is 0 Å². The maximum Gasteiger partial charge on any atom is 0.134 e. The van der Waals surface area contributed by atoms with E-state index < -0.39 is 0 Å². The van der Waals surface area contributed by atoms with Crippen molar-refractivity contribution in [2.45, 2.75) is 20.3 Å². The van der Waals surface area contributed by atoms with E-state index in [2.05, 4.69) is 28.7 Å². The first kappa shape index (κ1) is 10.2. The quantitative estimate of drug-likeness (QED) is 0.757. The van der Waals surface area contributed by atoms with Crippen molar-refractivity contribution in [3.8, 4) is 0 Å². The number of rotatable bonds is 1. The Labute approximate surface area is 90.5 Å². The van der Waals surface area contributed by atoms with Crippen molar-refractivity contribution >= 4 is 11.6 Å². The maximum atomic E-state index is 5.66. The second-order valence-electron chi connectivity index (χ2n) is 4.65. The van der Waals surface area contributed by atoms with E-state index >= 15 is 0 Å². The van der Waals surface area contributed by atoms with Crippen LogP contribution >= 0.6 is 0 Å². The molecule has 1 aliphatic heterocycles. The van der Waals surface area contributed by atoms with E-state index in [0.717, 1.165) is 30.7 Å². The summed E-state index contributed by atoms with van der Waals surface area (Å²) in [6.07, 6.45) is 2.84. The van der Waals surface area contributed by atoms with Crippen molar-refractivity contribution in [1.82, 2.24) is 9.97 Å². The topological polar surface area (TPSA) is 55.0 Å². The molecule has 0 aliphatic carbocycles. The molecule has 0 unspecified atom stereocenters. The minimum Gasteiger partial charge on any atom is -0.384 e. The molecule has 2 rings (SSSR count). The highest BCUT2D eigenvalue weighted by atomic mass is 15.2. The van der Waals surface area contributed by atoms with Crippen LogP contribution in [0.25, 0.3) is 0 Å². The van der Waals surface area contributed by atoms with Gasteiger partial charge in [-0.2, -0.15) is 0 Å². The Balaban J connectivity index is 2.16. The van der Waals surface area contributed by atoms with Crippen LogP contribution in [0.1, 0.15) is 20.3 Å². The fraction of sp³-hybridized carbons (Fsp3) is 0.636. The smallest absolute Gasteiger partial charge is 0.134 e. The highest BCUT2D eigenvalue weighted by molar-refractivity contribution is 5.46. The second-order valence-corrected chi connectivity index (χ2v) is 4.65. The molecule has 0 saturated carbocycles. The molecule has 0 amide bonds. The molecular formula is C11H18N4. The Morgan fingerprint density at radius 2 is 1.93 bits per heavy atom. The van der Waals surface area contributed by atoms with Crippen LogP contribution in [0.3, 0.4) is 0 Å². The molecule has 0 aromatic carbocycles. The molecule has 0 bridgehead atoms. The molecular weight excluding hydrogens is 188 g/mol. The van der Waals surface area contributed by atoms with Crippen molar-refractivity contribution < 1.29 is 0 Å². The summed E-state index contributed by atoms with van der Waals surface area (Å²) in [5.74, 6) is 2.96. The van der Waals surface area contributed by atoms with Gasteiger partial charge >= 0.3 is 0 Å². The number of anilines is 2. The summed E-state index contributed by atoms with van der Waals surface area (Å²) < 4.78 is 0. The van der Waals surface area contributed by atoms with Crippen molar-refractivity contribution in [2.75, 3.05) is 23.7 Å². The van der Waals surface area contributed by atoms with E-state index in [-0.39, 0.29) is 0 Å². The first-order valence-electron chi connectivity index (χ1n) is 5.47. The summed E-state index contributed by atoms with van der Waals surface area (Å²) in [6, 6.07) is 1.85. The van der Waals surface area contributed by atoms with Gasteiger partial charge in [-0.05, 0) is 18.3 Å². The van der Waals surface area contributed by atoms with E-state index in [1.54, 1.807) is 0 Å². The molecule has 1 fully saturated rings. The zero-order valence-electron chi connectivity index (χ0n) is 9.35. The molecule has 1 saturated heterocycles. The van der Waals surface area contributed by atoms with E-state index in [4.69, 9.17) is 5.73 Å². The Morgan fingerprint density at radius 1 is 1.27 bits per heavy atom. The summed E-state index contributed by atoms with van der Waals surface area (Å²) in [4.78, 5) is 10.5. The predicted molar refractivity (Wildman–Crippen MR) is 61.6 cm³/mol. The van der Waals surface area contributed by atoms with Crippen LogP contribution in [0.15, 0.2) is 12.4 Å². The molecule has 2 N–H and O–H groups in total. The molecule has 1 aromatic heterocycles. The number of nitrogens with two attached hydrogens (primary N) is 1. The van der Waals surface area contributed by atoms with Crippen LogP contribution in [-0.4, -0.2) is 23.1 Å². The largest absolute Gasteiger partial charge is 0.384 e. The normalized spacial score (nSPS) is 26.7. The number of hydrogen-bond donors (Lipinski definition) is 1. The lowest BCUT2D eigenvalue weighted by atomic mass is 9.92. The Bertz CT molecular complexity index is 329. The molecule has 4 heteroatoms. The van der Waals surface area contributed by atoms with Gasteiger partial charge in [-0.1, -0.05) is 13.8 Å². The first-order chi connectivity index (χ1) is 7.15. The lowest BCUT2D eigenvalue weighted by molar-refractivity contribution is 0.355. The van der Waals surface area contributed by atoms with Crippen molar-refractivity contribution in [3.05, 3.63) is 12.4 Å². The average molecular weight is 206 g/mol. The molecule has 2 heterocycles. The summed E-state index contributed by atoms with van der Waals surface area (Å²) in [6.45, 7) is 6.71. The van der Waals surface area contributed by atoms with Crippen LogP contribution in [0.2, 0.25) is 0 Å². The van der Waals surface area contributed by atoms with Gasteiger partial charge in [0.25, 0.3) is 0 Å². The van der Waals surface area contributed by atoms with E-state index in [9.17, 15) is 0 Å². The van der Waals surface area contributed by atoms with E-state index in [0.29, 0.717) is 5.82 Å². The second kappa shape index (κ2) is 4.04. The van der Waals surface area contributed by atoms with Gasteiger partial charge < -0.3 is 10.6 Å². The monoisotopic (exact) mass is 206 g/mol. The molecule has 15 heavy (non-hydrogen) atoms. The lowest BCUT2D eigenvalue weighted by Gasteiger charge is -2.35. The molecule has 2 atom stereocenters. The van der Waals surface area contributed by atoms with Gasteiger partial charge in [0.1, 0.15) is 18.0 Å². The standard InChI is InChI=1S/C11H18N4/c1-8-3-9(2)6-15(5-8)11-4-10(12)13-7-14-11/h4,7-9H,3,5-6H2,1-2H3,(H2,12,13,14)/t8-,9-/m0/s1. The van der Waals surface area contributed by atoms with Gasteiger partial charge in [-0.3, -0.25) is 0 Å². The first-order valence-corrected chi connectivity index (χ1v) is 5.47. The summed E-state index contributed by atoms with van der Waals surface area (Å²) in [5, 5.41) is 0. The number of nitrogens with zero attached hydrogens (tertiary/aromatic N) is 3. The zero-order valence-corrected chi connectivity index (χ0v) is 9.35. The third kappa shape index (κ3) is 2.37. The van der Waals surface area contributed by atoms with Crippen LogP contribution in [-0.2, 0) is 0 Å². The van der Waals surface area contributed by atoms with Crippen LogP contribution < -0.4 is 10.6 Å². The van der Waals surface area contributed by atoms with Gasteiger partial charge in [-0.25, -0.2) is 9.97 Å². The molecule has 82 valence electrons. The summed E-state index contributed by atoms with van der Waals surface area (Å²) in [7, 11) is 0. The Morgan fingerprint density at radius 3 is 2.53 bits per heavy atom. The SMILES string of the molecule is C[C@H]1C[C@H](C)CN(c2cc(N)ncn2)C1.